The Kier molecular flexibility index (Phi) is 7.90. The van der Waals surface area contributed by atoms with E-state index >= 15 is 0 Å². The summed E-state index contributed by atoms with van der Waals surface area (Å²) in [5, 5.41) is 3.73. The van der Waals surface area contributed by atoms with Gasteiger partial charge in [0.1, 0.15) is 0 Å². The minimum Gasteiger partial charge on any atom is -0.311 e. The van der Waals surface area contributed by atoms with E-state index in [1.54, 1.807) is 0 Å². The Morgan fingerprint density at radius 1 is 0.340 bits per heavy atom. The van der Waals surface area contributed by atoms with Crippen molar-refractivity contribution in [2.24, 2.45) is 0 Å². The third-order valence-electron chi connectivity index (χ3n) is 9.94. The summed E-state index contributed by atoms with van der Waals surface area (Å²) in [5.41, 5.74) is 11.5. The number of pyridine rings is 1. The van der Waals surface area contributed by atoms with Gasteiger partial charge in [-0.3, -0.25) is 4.98 Å². The molecule has 0 aliphatic rings. The van der Waals surface area contributed by atoms with Crippen LogP contribution in [0.25, 0.3) is 74.2 Å². The normalized spacial score (nSPS) is 11.4. The van der Waals surface area contributed by atoms with Crippen LogP contribution in [0.4, 0.5) is 17.1 Å². The highest BCUT2D eigenvalue weighted by Crippen LogP contribution is 2.40. The van der Waals surface area contributed by atoms with Crippen LogP contribution in [0.3, 0.4) is 0 Å². The van der Waals surface area contributed by atoms with E-state index in [9.17, 15) is 0 Å². The molecule has 10 aromatic rings. The van der Waals surface area contributed by atoms with Crippen molar-refractivity contribution >= 4 is 70.8 Å². The molecule has 0 unspecified atom stereocenters. The molecule has 0 spiro atoms. The summed E-state index contributed by atoms with van der Waals surface area (Å²) in [6.45, 7) is 0. The van der Waals surface area contributed by atoms with Gasteiger partial charge in [-0.1, -0.05) is 115 Å². The molecular weight excluding hydrogens is 681 g/mol. The molecule has 3 aromatic heterocycles. The van der Waals surface area contributed by atoms with Crippen molar-refractivity contribution in [3.63, 3.8) is 0 Å². The van der Waals surface area contributed by atoms with Gasteiger partial charge in [-0.25, -0.2) is 0 Å². The van der Waals surface area contributed by atoms with Gasteiger partial charge < -0.3 is 4.90 Å². The summed E-state index contributed by atoms with van der Waals surface area (Å²) in [4.78, 5) is 9.58. The van der Waals surface area contributed by atoms with Crippen molar-refractivity contribution in [2.45, 2.75) is 0 Å². The molecule has 7 aromatic carbocycles. The number of hydrogen-bond acceptors (Lipinski definition) is 4. The molecule has 250 valence electrons. The minimum absolute atomic E-state index is 1.02. The van der Waals surface area contributed by atoms with Crippen molar-refractivity contribution in [3.8, 4) is 43.1 Å². The fourth-order valence-electron chi connectivity index (χ4n) is 7.13. The average Bonchev–Trinajstić information content (AvgIpc) is 3.87. The fraction of sp³-hybridized carbons (Fsp3) is 0. The maximum absolute atomic E-state index is 4.67. The first-order valence-corrected chi connectivity index (χ1v) is 19.4. The zero-order valence-electron chi connectivity index (χ0n) is 28.7. The van der Waals surface area contributed by atoms with Crippen molar-refractivity contribution < 1.29 is 0 Å². The average molecular weight is 713 g/mol. The van der Waals surface area contributed by atoms with E-state index in [0.717, 1.165) is 39.1 Å². The number of hydrogen-bond donors (Lipinski definition) is 0. The molecule has 10 rings (SSSR count). The van der Waals surface area contributed by atoms with E-state index < -0.39 is 0 Å². The minimum atomic E-state index is 1.02. The maximum atomic E-state index is 4.67. The van der Waals surface area contributed by atoms with Crippen molar-refractivity contribution in [3.05, 3.63) is 194 Å². The van der Waals surface area contributed by atoms with Crippen molar-refractivity contribution in [2.75, 3.05) is 4.90 Å². The molecule has 4 heteroatoms. The van der Waals surface area contributed by atoms with E-state index in [1.165, 1.54) is 52.2 Å². The smallest absolute Gasteiger partial charge is 0.0702 e. The van der Waals surface area contributed by atoms with Crippen molar-refractivity contribution in [1.29, 1.82) is 0 Å². The third kappa shape index (κ3) is 6.08. The van der Waals surface area contributed by atoms with Crippen LogP contribution in [-0.2, 0) is 0 Å². The molecule has 0 radical (unpaired) electrons. The highest BCUT2D eigenvalue weighted by atomic mass is 32.1. The second kappa shape index (κ2) is 13.3. The number of benzene rings is 7. The largest absolute Gasteiger partial charge is 0.311 e. The van der Waals surface area contributed by atoms with E-state index in [1.807, 2.05) is 34.9 Å². The second-order valence-corrected chi connectivity index (χ2v) is 15.4. The molecule has 0 fully saturated rings. The van der Waals surface area contributed by atoms with Crippen LogP contribution in [0.1, 0.15) is 0 Å². The molecular formula is C49H32N2S2. The van der Waals surface area contributed by atoms with Gasteiger partial charge in [-0.15, -0.1) is 22.7 Å². The fourth-order valence-corrected chi connectivity index (χ4v) is 9.27. The molecule has 0 amide bonds. The van der Waals surface area contributed by atoms with Crippen molar-refractivity contribution in [1.82, 2.24) is 4.98 Å². The van der Waals surface area contributed by atoms with Crippen LogP contribution >= 0.6 is 22.7 Å². The van der Waals surface area contributed by atoms with Gasteiger partial charge in [0.2, 0.25) is 0 Å². The Hall–Kier alpha value is -6.33. The van der Waals surface area contributed by atoms with Gasteiger partial charge in [-0.2, -0.15) is 0 Å². The number of rotatable bonds is 7. The predicted octanol–water partition coefficient (Wildman–Crippen LogP) is 14.8. The first-order valence-electron chi connectivity index (χ1n) is 17.8. The monoisotopic (exact) mass is 712 g/mol. The number of thiophene rings is 2. The standard InChI is InChI=1S/C49H32N2S2/c1-4-10-45-38(7-1)29-41(32-50-45)35-15-13-33(14-16-35)34-17-23-42(24-18-34)51(43-25-19-36(20-26-43)48-30-39-8-2-5-11-46(39)52-48)44-27-21-37(22-28-44)49-31-40-9-3-6-12-47(40)53-49/h1-32H. The van der Waals surface area contributed by atoms with Crippen LogP contribution in [0.2, 0.25) is 0 Å². The zero-order valence-corrected chi connectivity index (χ0v) is 30.3. The number of fused-ring (bicyclic) bond motifs is 3. The molecule has 0 aliphatic heterocycles. The molecule has 0 aliphatic carbocycles. The molecule has 0 N–H and O–H groups in total. The van der Waals surface area contributed by atoms with Gasteiger partial charge in [0.25, 0.3) is 0 Å². The summed E-state index contributed by atoms with van der Waals surface area (Å²) in [6.07, 6.45) is 1.96. The van der Waals surface area contributed by atoms with E-state index in [-0.39, 0.29) is 0 Å². The molecule has 3 heterocycles. The van der Waals surface area contributed by atoms with Gasteiger partial charge in [-0.05, 0) is 111 Å². The maximum Gasteiger partial charge on any atom is 0.0702 e. The van der Waals surface area contributed by atoms with Crippen LogP contribution < -0.4 is 4.90 Å². The van der Waals surface area contributed by atoms with E-state index in [0.29, 0.717) is 0 Å². The van der Waals surface area contributed by atoms with Crippen LogP contribution in [0.5, 0.6) is 0 Å². The Bertz CT molecular complexity index is 2680. The predicted molar refractivity (Wildman–Crippen MR) is 229 cm³/mol. The van der Waals surface area contributed by atoms with Crippen LogP contribution in [0.15, 0.2) is 194 Å². The third-order valence-corrected chi connectivity index (χ3v) is 12.3. The lowest BCUT2D eigenvalue weighted by Gasteiger charge is -2.26. The highest BCUT2D eigenvalue weighted by Gasteiger charge is 2.15. The SMILES string of the molecule is c1ccc2ncc(-c3ccc(-c4ccc(N(c5ccc(-c6cc7ccccc7s6)cc5)c5ccc(-c6cc7ccccc7s6)cc5)cc4)cc3)cc2c1. The number of nitrogens with zero attached hydrogens (tertiary/aromatic N) is 2. The number of para-hydroxylation sites is 1. The quantitative estimate of drug-likeness (QED) is 0.164. The van der Waals surface area contributed by atoms with Gasteiger partial charge in [0.15, 0.2) is 0 Å². The van der Waals surface area contributed by atoms with Gasteiger partial charge >= 0.3 is 0 Å². The Morgan fingerprint density at radius 2 is 0.736 bits per heavy atom. The lowest BCUT2D eigenvalue weighted by molar-refractivity contribution is 1.28. The number of anilines is 3. The highest BCUT2D eigenvalue weighted by molar-refractivity contribution is 7.22. The van der Waals surface area contributed by atoms with Crippen LogP contribution in [0, 0.1) is 0 Å². The first kappa shape index (κ1) is 31.4. The topological polar surface area (TPSA) is 16.1 Å². The van der Waals surface area contributed by atoms with Crippen LogP contribution in [-0.4, -0.2) is 4.98 Å². The summed E-state index contributed by atoms with van der Waals surface area (Å²) < 4.78 is 2.62. The zero-order chi connectivity index (χ0) is 35.1. The lowest BCUT2D eigenvalue weighted by atomic mass is 10.00. The molecule has 0 bridgehead atoms. The Labute approximate surface area is 316 Å². The molecule has 0 saturated carbocycles. The Balaban J connectivity index is 0.975. The summed E-state index contributed by atoms with van der Waals surface area (Å²) in [6, 6.07) is 68.0. The van der Waals surface area contributed by atoms with E-state index in [2.05, 4.69) is 192 Å². The van der Waals surface area contributed by atoms with Gasteiger partial charge in [0, 0.05) is 53.4 Å². The molecule has 53 heavy (non-hydrogen) atoms. The summed E-state index contributed by atoms with van der Waals surface area (Å²) >= 11 is 3.68. The second-order valence-electron chi connectivity index (χ2n) is 13.3. The molecule has 2 nitrogen and oxygen atoms in total. The molecule has 0 atom stereocenters. The van der Waals surface area contributed by atoms with Gasteiger partial charge in [0.05, 0.1) is 5.52 Å². The summed E-state index contributed by atoms with van der Waals surface area (Å²) in [5.74, 6) is 0. The summed E-state index contributed by atoms with van der Waals surface area (Å²) in [7, 11) is 0. The molecule has 0 saturated heterocycles. The van der Waals surface area contributed by atoms with E-state index in [4.69, 9.17) is 0 Å². The number of aromatic nitrogens is 1. The Morgan fingerprint density at radius 3 is 1.23 bits per heavy atom. The first-order chi connectivity index (χ1) is 26.2. The lowest BCUT2D eigenvalue weighted by Crippen LogP contribution is -2.09.